The van der Waals surface area contributed by atoms with E-state index in [1.807, 2.05) is 0 Å². The molecule has 0 spiro atoms. The number of fused-ring (bicyclic) bond motifs is 1. The Hall–Kier alpha value is -2.02. The van der Waals surface area contributed by atoms with Gasteiger partial charge in [0.2, 0.25) is 0 Å². The number of carbonyl (C=O) groups is 1. The summed E-state index contributed by atoms with van der Waals surface area (Å²) in [4.78, 5) is 18.5. The second-order valence-electron chi connectivity index (χ2n) is 4.29. The van der Waals surface area contributed by atoms with Gasteiger partial charge in [-0.25, -0.2) is 9.78 Å². The predicted molar refractivity (Wildman–Crippen MR) is 69.8 cm³/mol. The van der Waals surface area contributed by atoms with E-state index >= 15 is 0 Å². The lowest BCUT2D eigenvalue weighted by Gasteiger charge is -2.34. The molecule has 1 fully saturated rings. The van der Waals surface area contributed by atoms with Crippen molar-refractivity contribution in [3.05, 3.63) is 23.5 Å². The topological polar surface area (TPSA) is 74.0 Å². The van der Waals surface area contributed by atoms with Gasteiger partial charge < -0.3 is 14.9 Å². The molecule has 1 saturated heterocycles. The van der Waals surface area contributed by atoms with Crippen LogP contribution < -0.4 is 4.90 Å². The van der Waals surface area contributed by atoms with E-state index in [1.54, 1.807) is 22.8 Å². The molecule has 0 saturated carbocycles. The number of rotatable bonds is 1. The highest BCUT2D eigenvalue weighted by Crippen LogP contribution is 2.21. The summed E-state index contributed by atoms with van der Waals surface area (Å²) >= 11 is 6.00. The van der Waals surface area contributed by atoms with E-state index in [4.69, 9.17) is 16.7 Å². The average Bonchev–Trinajstić information content (AvgIpc) is 2.85. The Balaban J connectivity index is 1.89. The van der Waals surface area contributed by atoms with E-state index < -0.39 is 6.09 Å². The summed E-state index contributed by atoms with van der Waals surface area (Å²) < 4.78 is 1.71. The van der Waals surface area contributed by atoms with Crippen molar-refractivity contribution in [1.82, 2.24) is 19.5 Å². The minimum atomic E-state index is -0.878. The van der Waals surface area contributed by atoms with E-state index in [2.05, 4.69) is 15.0 Å². The van der Waals surface area contributed by atoms with Crippen molar-refractivity contribution < 1.29 is 9.90 Å². The number of carboxylic acid groups (broad SMARTS) is 1. The van der Waals surface area contributed by atoms with Gasteiger partial charge in [-0.05, 0) is 0 Å². The van der Waals surface area contributed by atoms with Crippen molar-refractivity contribution in [3.8, 4) is 0 Å². The Morgan fingerprint density at radius 1 is 1.32 bits per heavy atom. The number of amides is 1. The van der Waals surface area contributed by atoms with E-state index in [-0.39, 0.29) is 0 Å². The van der Waals surface area contributed by atoms with Gasteiger partial charge in [-0.2, -0.15) is 9.61 Å². The molecule has 19 heavy (non-hydrogen) atoms. The van der Waals surface area contributed by atoms with Crippen LogP contribution in [0, 0.1) is 0 Å². The van der Waals surface area contributed by atoms with Crippen LogP contribution in [0.15, 0.2) is 18.3 Å². The number of anilines is 1. The van der Waals surface area contributed by atoms with Gasteiger partial charge in [-0.15, -0.1) is 0 Å². The highest BCUT2D eigenvalue weighted by molar-refractivity contribution is 6.29. The molecular weight excluding hydrogens is 270 g/mol. The Labute approximate surface area is 114 Å². The quantitative estimate of drug-likeness (QED) is 0.795. The van der Waals surface area contributed by atoms with Gasteiger partial charge in [0.25, 0.3) is 0 Å². The van der Waals surface area contributed by atoms with Crippen LogP contribution >= 0.6 is 11.6 Å². The molecule has 3 heterocycles. The fourth-order valence-electron chi connectivity index (χ4n) is 2.22. The third kappa shape index (κ3) is 2.17. The molecule has 2 aromatic heterocycles. The van der Waals surface area contributed by atoms with Crippen LogP contribution in [-0.2, 0) is 0 Å². The number of nitrogens with zero attached hydrogens (tertiary/aromatic N) is 5. The van der Waals surface area contributed by atoms with Crippen molar-refractivity contribution in [2.24, 2.45) is 0 Å². The molecule has 2 aromatic rings. The zero-order valence-corrected chi connectivity index (χ0v) is 10.8. The molecular formula is C11H12ClN5O2. The van der Waals surface area contributed by atoms with Crippen LogP contribution in [0.2, 0.25) is 5.15 Å². The first-order valence-corrected chi connectivity index (χ1v) is 6.26. The van der Waals surface area contributed by atoms with Crippen molar-refractivity contribution in [2.75, 3.05) is 31.1 Å². The first-order valence-electron chi connectivity index (χ1n) is 5.88. The van der Waals surface area contributed by atoms with E-state index in [9.17, 15) is 4.79 Å². The lowest BCUT2D eigenvalue weighted by molar-refractivity contribution is 0.142. The summed E-state index contributed by atoms with van der Waals surface area (Å²) in [6, 6.07) is 3.53. The summed E-state index contributed by atoms with van der Waals surface area (Å²) in [7, 11) is 0. The third-order valence-electron chi connectivity index (χ3n) is 3.18. The Morgan fingerprint density at radius 3 is 2.74 bits per heavy atom. The molecule has 1 amide bonds. The highest BCUT2D eigenvalue weighted by Gasteiger charge is 2.22. The first-order chi connectivity index (χ1) is 9.15. The molecule has 7 nitrogen and oxygen atoms in total. The zero-order valence-electron chi connectivity index (χ0n) is 10.0. The van der Waals surface area contributed by atoms with Crippen molar-refractivity contribution in [1.29, 1.82) is 0 Å². The molecule has 0 radical (unpaired) electrons. The second kappa shape index (κ2) is 4.58. The maximum Gasteiger partial charge on any atom is 0.407 e. The molecule has 0 aromatic carbocycles. The van der Waals surface area contributed by atoms with Crippen LogP contribution in [0.3, 0.4) is 0 Å². The minimum Gasteiger partial charge on any atom is -0.465 e. The molecule has 0 bridgehead atoms. The van der Waals surface area contributed by atoms with Crippen LogP contribution in [0.1, 0.15) is 0 Å². The van der Waals surface area contributed by atoms with Gasteiger partial charge in [-0.1, -0.05) is 11.6 Å². The van der Waals surface area contributed by atoms with Crippen LogP contribution in [0.5, 0.6) is 0 Å². The number of piperazine rings is 1. The Morgan fingerprint density at radius 2 is 2.05 bits per heavy atom. The SMILES string of the molecule is O=C(O)N1CCN(c2cc(Cl)nc3ccnn23)CC1. The number of aromatic nitrogens is 3. The molecule has 8 heteroatoms. The number of halogens is 1. The summed E-state index contributed by atoms with van der Waals surface area (Å²) in [5.74, 6) is 0.838. The fourth-order valence-corrected chi connectivity index (χ4v) is 2.40. The van der Waals surface area contributed by atoms with Gasteiger partial charge in [0.15, 0.2) is 5.65 Å². The molecule has 100 valence electrons. The summed E-state index contributed by atoms with van der Waals surface area (Å²) in [6.07, 6.45) is 0.784. The van der Waals surface area contributed by atoms with Crippen molar-refractivity contribution >= 4 is 29.2 Å². The van der Waals surface area contributed by atoms with Crippen molar-refractivity contribution in [2.45, 2.75) is 0 Å². The highest BCUT2D eigenvalue weighted by atomic mass is 35.5. The summed E-state index contributed by atoms with van der Waals surface area (Å²) in [5, 5.41) is 13.6. The number of hydrogen-bond acceptors (Lipinski definition) is 4. The van der Waals surface area contributed by atoms with Crippen molar-refractivity contribution in [3.63, 3.8) is 0 Å². The largest absolute Gasteiger partial charge is 0.465 e. The monoisotopic (exact) mass is 281 g/mol. The molecule has 1 aliphatic rings. The Bertz CT molecular complexity index is 621. The van der Waals surface area contributed by atoms with Gasteiger partial charge in [-0.3, -0.25) is 0 Å². The van der Waals surface area contributed by atoms with E-state index in [0.717, 1.165) is 5.82 Å². The molecule has 1 aliphatic heterocycles. The smallest absolute Gasteiger partial charge is 0.407 e. The fraction of sp³-hybridized carbons (Fsp3) is 0.364. The maximum absolute atomic E-state index is 10.9. The van der Waals surface area contributed by atoms with Gasteiger partial charge in [0.1, 0.15) is 11.0 Å². The molecule has 0 atom stereocenters. The van der Waals surface area contributed by atoms with E-state index in [0.29, 0.717) is 37.0 Å². The average molecular weight is 282 g/mol. The second-order valence-corrected chi connectivity index (χ2v) is 4.68. The lowest BCUT2D eigenvalue weighted by Crippen LogP contribution is -2.48. The Kier molecular flexibility index (Phi) is 2.90. The maximum atomic E-state index is 10.9. The van der Waals surface area contributed by atoms with Gasteiger partial charge in [0.05, 0.1) is 6.20 Å². The first kappa shape index (κ1) is 12.0. The molecule has 1 N–H and O–H groups in total. The normalized spacial score (nSPS) is 16.1. The molecule has 0 unspecified atom stereocenters. The molecule has 3 rings (SSSR count). The van der Waals surface area contributed by atoms with E-state index in [1.165, 1.54) is 4.90 Å². The van der Waals surface area contributed by atoms with Gasteiger partial charge in [0, 0.05) is 38.3 Å². The summed E-state index contributed by atoms with van der Waals surface area (Å²) in [5.41, 5.74) is 0.683. The third-order valence-corrected chi connectivity index (χ3v) is 3.38. The zero-order chi connectivity index (χ0) is 13.4. The van der Waals surface area contributed by atoms with Crippen LogP contribution in [0.25, 0.3) is 5.65 Å². The molecule has 0 aliphatic carbocycles. The standard InChI is InChI=1S/C11H12ClN5O2/c12-8-7-10(17-9(14-8)1-2-13-17)15-3-5-16(6-4-15)11(18)19/h1-2,7H,3-6H2,(H,18,19). The van der Waals surface area contributed by atoms with Gasteiger partial charge >= 0.3 is 6.09 Å². The lowest BCUT2D eigenvalue weighted by atomic mass is 10.3. The minimum absolute atomic E-state index is 0.406. The predicted octanol–water partition coefficient (Wildman–Crippen LogP) is 1.18. The van der Waals surface area contributed by atoms with Crippen LogP contribution in [-0.4, -0.2) is 56.9 Å². The number of hydrogen-bond donors (Lipinski definition) is 1. The summed E-state index contributed by atoms with van der Waals surface area (Å²) in [6.45, 7) is 2.17. The van der Waals surface area contributed by atoms with Crippen LogP contribution in [0.4, 0.5) is 10.6 Å².